The fourth-order valence-corrected chi connectivity index (χ4v) is 5.95. The van der Waals surface area contributed by atoms with E-state index in [1.807, 2.05) is 34.5 Å². The number of nitrogens with zero attached hydrogens (tertiary/aromatic N) is 3. The molecular formula is C23H24N4O2S2. The number of thiazole rings is 1. The first-order valence-electron chi connectivity index (χ1n) is 10.5. The van der Waals surface area contributed by atoms with Crippen LogP contribution in [0.1, 0.15) is 24.0 Å². The van der Waals surface area contributed by atoms with Crippen LogP contribution in [0, 0.1) is 0 Å². The molecule has 0 fully saturated rings. The van der Waals surface area contributed by atoms with Crippen LogP contribution in [-0.2, 0) is 28.6 Å². The number of nitrogens with one attached hydrogen (secondary N) is 1. The van der Waals surface area contributed by atoms with Gasteiger partial charge in [0.1, 0.15) is 0 Å². The van der Waals surface area contributed by atoms with Crippen LogP contribution in [-0.4, -0.2) is 34.7 Å². The molecule has 0 spiro atoms. The minimum Gasteiger partial charge on any atom is -0.362 e. The van der Waals surface area contributed by atoms with E-state index in [-0.39, 0.29) is 5.91 Å². The first-order valence-corrected chi connectivity index (χ1v) is 12.6. The number of aryl methyl sites for hydroxylation is 2. The summed E-state index contributed by atoms with van der Waals surface area (Å²) in [5, 5.41) is 2.48. The summed E-state index contributed by atoms with van der Waals surface area (Å²) in [6.07, 6.45) is 5.62. The zero-order valence-corrected chi connectivity index (χ0v) is 18.8. The van der Waals surface area contributed by atoms with E-state index in [1.165, 1.54) is 22.6 Å². The molecule has 0 bridgehead atoms. The number of anilines is 3. The molecule has 3 aromatic rings. The van der Waals surface area contributed by atoms with Crippen LogP contribution in [0.15, 0.2) is 58.9 Å². The van der Waals surface area contributed by atoms with Gasteiger partial charge in [0.2, 0.25) is 5.91 Å². The van der Waals surface area contributed by atoms with Gasteiger partial charge in [-0.2, -0.15) is 0 Å². The number of aromatic nitrogens is 1. The van der Waals surface area contributed by atoms with Gasteiger partial charge in [0, 0.05) is 36.0 Å². The summed E-state index contributed by atoms with van der Waals surface area (Å²) in [6, 6.07) is 14.1. The Morgan fingerprint density at radius 2 is 1.90 bits per heavy atom. The molecule has 1 atom stereocenters. The van der Waals surface area contributed by atoms with Gasteiger partial charge in [-0.25, -0.2) is 9.19 Å². The number of hydrogen-bond donors (Lipinski definition) is 1. The number of benzene rings is 2. The summed E-state index contributed by atoms with van der Waals surface area (Å²) in [4.78, 5) is 22.2. The number of hydrogen-bond acceptors (Lipinski definition) is 5. The third kappa shape index (κ3) is 4.22. The third-order valence-electron chi connectivity index (χ3n) is 5.83. The SMILES string of the molecule is O=C(CN1CCCc2ccccc21)N1CCCc2cc(S(=O)Nc3nccs3)ccc21. The van der Waals surface area contributed by atoms with E-state index in [1.54, 1.807) is 6.20 Å². The first kappa shape index (κ1) is 20.2. The Bertz CT molecular complexity index is 1120. The van der Waals surface area contributed by atoms with Crippen molar-refractivity contribution in [2.24, 2.45) is 0 Å². The summed E-state index contributed by atoms with van der Waals surface area (Å²) in [7, 11) is -1.38. The van der Waals surface area contributed by atoms with Gasteiger partial charge in [0.15, 0.2) is 16.1 Å². The van der Waals surface area contributed by atoms with E-state index in [4.69, 9.17) is 0 Å². The largest absolute Gasteiger partial charge is 0.362 e. The van der Waals surface area contributed by atoms with E-state index >= 15 is 0 Å². The van der Waals surface area contributed by atoms with Crippen molar-refractivity contribution >= 4 is 44.7 Å². The summed E-state index contributed by atoms with van der Waals surface area (Å²) in [6.45, 7) is 2.01. The molecule has 5 rings (SSSR count). The second-order valence-corrected chi connectivity index (χ2v) is 9.91. The molecule has 0 saturated heterocycles. The third-order valence-corrected chi connectivity index (χ3v) is 7.71. The lowest BCUT2D eigenvalue weighted by atomic mass is 10.0. The van der Waals surface area contributed by atoms with Crippen molar-refractivity contribution in [2.45, 2.75) is 30.6 Å². The molecule has 2 aromatic carbocycles. The van der Waals surface area contributed by atoms with Crippen molar-refractivity contribution in [3.8, 4) is 0 Å². The van der Waals surface area contributed by atoms with Crippen LogP contribution in [0.5, 0.6) is 0 Å². The van der Waals surface area contributed by atoms with Gasteiger partial charge in [-0.15, -0.1) is 11.3 Å². The Hall–Kier alpha value is -2.71. The molecule has 3 heterocycles. The zero-order chi connectivity index (χ0) is 21.2. The summed E-state index contributed by atoms with van der Waals surface area (Å²) < 4.78 is 15.6. The summed E-state index contributed by atoms with van der Waals surface area (Å²) >= 11 is 1.42. The van der Waals surface area contributed by atoms with Crippen LogP contribution >= 0.6 is 11.3 Å². The van der Waals surface area contributed by atoms with Gasteiger partial charge in [-0.3, -0.25) is 9.52 Å². The monoisotopic (exact) mass is 452 g/mol. The molecule has 0 aliphatic carbocycles. The minimum atomic E-state index is -1.38. The Labute approximate surface area is 188 Å². The van der Waals surface area contributed by atoms with Gasteiger partial charge in [0.25, 0.3) is 0 Å². The molecule has 0 radical (unpaired) electrons. The average Bonchev–Trinajstić information content (AvgIpc) is 3.31. The molecule has 1 aromatic heterocycles. The van der Waals surface area contributed by atoms with E-state index in [0.29, 0.717) is 16.6 Å². The lowest BCUT2D eigenvalue weighted by Crippen LogP contribution is -2.44. The van der Waals surface area contributed by atoms with E-state index in [0.717, 1.165) is 50.0 Å². The number of fused-ring (bicyclic) bond motifs is 2. The lowest BCUT2D eigenvalue weighted by Gasteiger charge is -2.35. The Morgan fingerprint density at radius 3 is 2.77 bits per heavy atom. The normalized spacial score (nSPS) is 16.4. The van der Waals surface area contributed by atoms with Crippen LogP contribution in [0.3, 0.4) is 0 Å². The van der Waals surface area contributed by atoms with Crippen molar-refractivity contribution in [3.63, 3.8) is 0 Å². The molecule has 0 saturated carbocycles. The maximum atomic E-state index is 13.3. The van der Waals surface area contributed by atoms with Gasteiger partial charge >= 0.3 is 0 Å². The predicted octanol–water partition coefficient (Wildman–Crippen LogP) is 4.01. The topological polar surface area (TPSA) is 65.5 Å². The van der Waals surface area contributed by atoms with Crippen LogP contribution in [0.2, 0.25) is 0 Å². The number of carbonyl (C=O) groups is 1. The fourth-order valence-electron chi connectivity index (χ4n) is 4.38. The predicted molar refractivity (Wildman–Crippen MR) is 126 cm³/mol. The van der Waals surface area contributed by atoms with Crippen molar-refractivity contribution in [1.82, 2.24) is 4.98 Å². The molecule has 31 heavy (non-hydrogen) atoms. The number of carbonyl (C=O) groups excluding carboxylic acids is 1. The van der Waals surface area contributed by atoms with Crippen LogP contribution < -0.4 is 14.5 Å². The van der Waals surface area contributed by atoms with E-state index < -0.39 is 11.0 Å². The van der Waals surface area contributed by atoms with Crippen molar-refractivity contribution < 1.29 is 9.00 Å². The maximum absolute atomic E-state index is 13.3. The highest BCUT2D eigenvalue weighted by atomic mass is 32.2. The molecule has 1 unspecified atom stereocenters. The van der Waals surface area contributed by atoms with Crippen LogP contribution in [0.25, 0.3) is 0 Å². The summed E-state index contributed by atoms with van der Waals surface area (Å²) in [5.74, 6) is 0.118. The highest BCUT2D eigenvalue weighted by Gasteiger charge is 2.26. The molecular weight excluding hydrogens is 428 g/mol. The Balaban J connectivity index is 1.33. The highest BCUT2D eigenvalue weighted by Crippen LogP contribution is 2.31. The zero-order valence-electron chi connectivity index (χ0n) is 17.1. The van der Waals surface area contributed by atoms with Crippen molar-refractivity contribution in [2.75, 3.05) is 34.2 Å². The number of rotatable bonds is 5. The lowest BCUT2D eigenvalue weighted by molar-refractivity contribution is -0.117. The number of para-hydroxylation sites is 1. The molecule has 2 aliphatic heterocycles. The summed E-state index contributed by atoms with van der Waals surface area (Å²) in [5.41, 5.74) is 4.51. The molecule has 1 N–H and O–H groups in total. The number of amides is 1. The first-order chi connectivity index (χ1) is 15.2. The van der Waals surface area contributed by atoms with Crippen LogP contribution in [0.4, 0.5) is 16.5 Å². The van der Waals surface area contributed by atoms with E-state index in [9.17, 15) is 9.00 Å². The molecule has 160 valence electrons. The maximum Gasteiger partial charge on any atom is 0.246 e. The average molecular weight is 453 g/mol. The molecule has 1 amide bonds. The fraction of sp³-hybridized carbons (Fsp3) is 0.304. The second kappa shape index (κ2) is 8.80. The second-order valence-electron chi connectivity index (χ2n) is 7.80. The molecule has 6 nitrogen and oxygen atoms in total. The van der Waals surface area contributed by atoms with Gasteiger partial charge in [-0.05, 0) is 61.1 Å². The molecule has 2 aliphatic rings. The Morgan fingerprint density at radius 1 is 1.06 bits per heavy atom. The standard InChI is InChI=1S/C23H24N4O2S2/c28-22(16-26-12-3-6-17-5-1-2-8-20(17)26)27-13-4-7-18-15-19(9-10-21(18)27)31(29)25-23-24-11-14-30-23/h1-2,5,8-11,14-15H,3-4,6-7,12-13,16H2,(H,24,25). The van der Waals surface area contributed by atoms with Gasteiger partial charge in [0.05, 0.1) is 11.4 Å². The van der Waals surface area contributed by atoms with Gasteiger partial charge in [-0.1, -0.05) is 18.2 Å². The van der Waals surface area contributed by atoms with Gasteiger partial charge < -0.3 is 9.80 Å². The van der Waals surface area contributed by atoms with Crippen molar-refractivity contribution in [1.29, 1.82) is 0 Å². The highest BCUT2D eigenvalue weighted by molar-refractivity contribution is 7.86. The smallest absolute Gasteiger partial charge is 0.246 e. The minimum absolute atomic E-state index is 0.118. The quantitative estimate of drug-likeness (QED) is 0.635. The van der Waals surface area contributed by atoms with Crippen molar-refractivity contribution in [3.05, 3.63) is 65.2 Å². The Kier molecular flexibility index (Phi) is 5.74. The molecule has 8 heteroatoms. The van der Waals surface area contributed by atoms with E-state index in [2.05, 4.69) is 32.8 Å².